The number of hydrogen-bond acceptors (Lipinski definition) is 2. The molecule has 0 bridgehead atoms. The van der Waals surface area contributed by atoms with E-state index in [9.17, 15) is 0 Å². The first kappa shape index (κ1) is 14.2. The van der Waals surface area contributed by atoms with Gasteiger partial charge < -0.3 is 9.84 Å². The molecule has 0 fully saturated rings. The third kappa shape index (κ3) is 3.63. The number of benzene rings is 2. The van der Waals surface area contributed by atoms with Crippen molar-refractivity contribution in [2.75, 3.05) is 6.61 Å². The van der Waals surface area contributed by atoms with Gasteiger partial charge >= 0.3 is 0 Å². The van der Waals surface area contributed by atoms with Crippen LogP contribution in [0.1, 0.15) is 22.3 Å². The van der Waals surface area contributed by atoms with Gasteiger partial charge in [-0.15, -0.1) is 0 Å². The fraction of sp³-hybridized carbons (Fsp3) is 0.222. The Morgan fingerprint density at radius 3 is 2.45 bits per heavy atom. The molecule has 0 unspecified atom stereocenters. The van der Waals surface area contributed by atoms with E-state index in [1.54, 1.807) is 0 Å². The summed E-state index contributed by atoms with van der Waals surface area (Å²) in [7, 11) is 0. The summed E-state index contributed by atoms with van der Waals surface area (Å²) in [6.07, 6.45) is 0. The molecule has 0 saturated carbocycles. The van der Waals surface area contributed by atoms with Crippen LogP contribution in [-0.2, 0) is 6.61 Å². The van der Waals surface area contributed by atoms with Crippen molar-refractivity contribution in [2.45, 2.75) is 20.5 Å². The highest BCUT2D eigenvalue weighted by Gasteiger charge is 2.03. The first-order chi connectivity index (χ1) is 9.70. The maximum absolute atomic E-state index is 8.71. The summed E-state index contributed by atoms with van der Waals surface area (Å²) in [5.41, 5.74) is 4.54. The number of aliphatic hydroxyl groups excluding tert-OH is 1. The lowest BCUT2D eigenvalue weighted by Crippen LogP contribution is -2.00. The summed E-state index contributed by atoms with van der Waals surface area (Å²) in [5.74, 6) is 6.30. The van der Waals surface area contributed by atoms with E-state index in [4.69, 9.17) is 9.84 Å². The monoisotopic (exact) mass is 266 g/mol. The highest BCUT2D eigenvalue weighted by atomic mass is 16.5. The lowest BCUT2D eigenvalue weighted by molar-refractivity contribution is 0.304. The average molecular weight is 266 g/mol. The van der Waals surface area contributed by atoms with Gasteiger partial charge in [0.1, 0.15) is 19.0 Å². The zero-order valence-electron chi connectivity index (χ0n) is 11.8. The number of rotatable bonds is 3. The van der Waals surface area contributed by atoms with Gasteiger partial charge in [-0.3, -0.25) is 0 Å². The predicted molar refractivity (Wildman–Crippen MR) is 80.7 cm³/mol. The number of aryl methyl sites for hydroxylation is 2. The molecule has 0 radical (unpaired) electrons. The highest BCUT2D eigenvalue weighted by Crippen LogP contribution is 2.18. The van der Waals surface area contributed by atoms with Gasteiger partial charge in [-0.25, -0.2) is 0 Å². The van der Waals surface area contributed by atoms with Gasteiger partial charge in [0.05, 0.1) is 0 Å². The van der Waals surface area contributed by atoms with Crippen molar-refractivity contribution < 1.29 is 9.84 Å². The molecule has 0 aliphatic carbocycles. The second kappa shape index (κ2) is 6.79. The second-order valence-electron chi connectivity index (χ2n) is 4.65. The summed E-state index contributed by atoms with van der Waals surface area (Å²) in [6.45, 7) is 4.60. The molecule has 0 aliphatic rings. The Hall–Kier alpha value is -2.24. The van der Waals surface area contributed by atoms with Crippen molar-refractivity contribution in [3.63, 3.8) is 0 Å². The molecule has 0 saturated heterocycles. The SMILES string of the molecule is Cc1cccc(C)c1COc1cccc(C#CCO)c1. The molecule has 0 amide bonds. The van der Waals surface area contributed by atoms with Gasteiger partial charge in [-0.1, -0.05) is 36.1 Å². The molecular weight excluding hydrogens is 248 g/mol. The van der Waals surface area contributed by atoms with Crippen molar-refractivity contribution in [3.05, 3.63) is 64.7 Å². The van der Waals surface area contributed by atoms with E-state index in [2.05, 4.69) is 43.9 Å². The van der Waals surface area contributed by atoms with E-state index < -0.39 is 0 Å². The van der Waals surface area contributed by atoms with Gasteiger partial charge in [0.15, 0.2) is 0 Å². The standard InChI is InChI=1S/C18H18O2/c1-14-6-3-7-15(2)18(14)13-20-17-10-4-8-16(12-17)9-5-11-19/h3-4,6-8,10,12,19H,11,13H2,1-2H3. The van der Waals surface area contributed by atoms with E-state index in [1.807, 2.05) is 24.3 Å². The molecular formula is C18H18O2. The molecule has 20 heavy (non-hydrogen) atoms. The molecule has 2 aromatic carbocycles. The van der Waals surface area contributed by atoms with Crippen LogP contribution < -0.4 is 4.74 Å². The predicted octanol–water partition coefficient (Wildman–Crippen LogP) is 3.23. The maximum atomic E-state index is 8.71. The summed E-state index contributed by atoms with van der Waals surface area (Å²) >= 11 is 0. The first-order valence-corrected chi connectivity index (χ1v) is 6.58. The van der Waals surface area contributed by atoms with Crippen molar-refractivity contribution >= 4 is 0 Å². The van der Waals surface area contributed by atoms with Gasteiger partial charge in [0, 0.05) is 5.56 Å². The van der Waals surface area contributed by atoms with Crippen molar-refractivity contribution in [1.82, 2.24) is 0 Å². The van der Waals surface area contributed by atoms with Gasteiger partial charge in [-0.05, 0) is 48.7 Å². The molecule has 0 heterocycles. The summed E-state index contributed by atoms with van der Waals surface area (Å²) in [5, 5.41) is 8.71. The third-order valence-corrected chi connectivity index (χ3v) is 3.17. The Labute approximate surface area is 120 Å². The molecule has 2 aromatic rings. The molecule has 0 spiro atoms. The molecule has 0 atom stereocenters. The molecule has 2 rings (SSSR count). The Kier molecular flexibility index (Phi) is 4.81. The molecule has 2 nitrogen and oxygen atoms in total. The van der Waals surface area contributed by atoms with Crippen LogP contribution in [0.4, 0.5) is 0 Å². The van der Waals surface area contributed by atoms with Gasteiger partial charge in [0.2, 0.25) is 0 Å². The topological polar surface area (TPSA) is 29.5 Å². The van der Waals surface area contributed by atoms with E-state index in [0.29, 0.717) is 6.61 Å². The lowest BCUT2D eigenvalue weighted by Gasteiger charge is -2.11. The number of ether oxygens (including phenoxy) is 1. The summed E-state index contributed by atoms with van der Waals surface area (Å²) < 4.78 is 5.84. The van der Waals surface area contributed by atoms with Gasteiger partial charge in [0.25, 0.3) is 0 Å². The normalized spacial score (nSPS) is 9.75. The quantitative estimate of drug-likeness (QED) is 0.864. The van der Waals surface area contributed by atoms with Crippen molar-refractivity contribution in [1.29, 1.82) is 0 Å². The fourth-order valence-electron chi connectivity index (χ4n) is 2.04. The largest absolute Gasteiger partial charge is 0.489 e. The van der Waals surface area contributed by atoms with Crippen molar-refractivity contribution in [3.8, 4) is 17.6 Å². The smallest absolute Gasteiger partial charge is 0.121 e. The number of aliphatic hydroxyl groups is 1. The van der Waals surface area contributed by atoms with E-state index in [0.717, 1.165) is 11.3 Å². The van der Waals surface area contributed by atoms with E-state index >= 15 is 0 Å². The third-order valence-electron chi connectivity index (χ3n) is 3.17. The first-order valence-electron chi connectivity index (χ1n) is 6.58. The van der Waals surface area contributed by atoms with E-state index in [-0.39, 0.29) is 6.61 Å². The van der Waals surface area contributed by atoms with Crippen LogP contribution in [0.3, 0.4) is 0 Å². The Morgan fingerprint density at radius 1 is 1.05 bits per heavy atom. The summed E-state index contributed by atoms with van der Waals surface area (Å²) in [6, 6.07) is 13.8. The molecule has 0 aliphatic heterocycles. The molecule has 0 aromatic heterocycles. The lowest BCUT2D eigenvalue weighted by atomic mass is 10.0. The Balaban J connectivity index is 2.11. The van der Waals surface area contributed by atoms with Crippen LogP contribution in [0.25, 0.3) is 0 Å². The van der Waals surface area contributed by atoms with E-state index in [1.165, 1.54) is 16.7 Å². The minimum absolute atomic E-state index is 0.131. The fourth-order valence-corrected chi connectivity index (χ4v) is 2.04. The Bertz CT molecular complexity index is 628. The minimum atomic E-state index is -0.131. The van der Waals surface area contributed by atoms with Crippen LogP contribution >= 0.6 is 0 Å². The van der Waals surface area contributed by atoms with Crippen LogP contribution in [0, 0.1) is 25.7 Å². The average Bonchev–Trinajstić information content (AvgIpc) is 2.45. The van der Waals surface area contributed by atoms with Crippen LogP contribution in [0.15, 0.2) is 42.5 Å². The van der Waals surface area contributed by atoms with Gasteiger partial charge in [-0.2, -0.15) is 0 Å². The van der Waals surface area contributed by atoms with Crippen LogP contribution in [0.5, 0.6) is 5.75 Å². The second-order valence-corrected chi connectivity index (χ2v) is 4.65. The van der Waals surface area contributed by atoms with Crippen molar-refractivity contribution in [2.24, 2.45) is 0 Å². The summed E-state index contributed by atoms with van der Waals surface area (Å²) in [4.78, 5) is 0. The molecule has 2 heteroatoms. The van der Waals surface area contributed by atoms with Crippen LogP contribution in [0.2, 0.25) is 0 Å². The molecule has 1 N–H and O–H groups in total. The zero-order valence-corrected chi connectivity index (χ0v) is 11.8. The Morgan fingerprint density at radius 2 is 1.75 bits per heavy atom. The maximum Gasteiger partial charge on any atom is 0.121 e. The zero-order chi connectivity index (χ0) is 14.4. The minimum Gasteiger partial charge on any atom is -0.489 e. The number of hydrogen-bond donors (Lipinski definition) is 1. The van der Waals surface area contributed by atoms with Crippen LogP contribution in [-0.4, -0.2) is 11.7 Å². The highest BCUT2D eigenvalue weighted by molar-refractivity contribution is 5.40. The molecule has 102 valence electrons.